The van der Waals surface area contributed by atoms with Crippen molar-refractivity contribution in [3.05, 3.63) is 112 Å². The van der Waals surface area contributed by atoms with E-state index in [0.717, 1.165) is 22.9 Å². The second-order valence-corrected chi connectivity index (χ2v) is 10.2. The lowest BCUT2D eigenvalue weighted by Gasteiger charge is -2.20. The van der Waals surface area contributed by atoms with Crippen molar-refractivity contribution >= 4 is 17.8 Å². The van der Waals surface area contributed by atoms with Crippen LogP contribution in [0.2, 0.25) is 0 Å². The summed E-state index contributed by atoms with van der Waals surface area (Å²) in [4.78, 5) is 29.7. The highest BCUT2D eigenvalue weighted by Gasteiger charge is 2.39. The largest absolute Gasteiger partial charge is 0.435 e. The highest BCUT2D eigenvalue weighted by Crippen LogP contribution is 2.36. The van der Waals surface area contributed by atoms with Crippen molar-refractivity contribution in [1.82, 2.24) is 14.8 Å². The Hall–Kier alpha value is -4.74. The summed E-state index contributed by atoms with van der Waals surface area (Å²) < 4.78 is 84.4. The van der Waals surface area contributed by atoms with Gasteiger partial charge in [-0.1, -0.05) is 24.3 Å². The number of Topliss-reactive ketones (excluding diaryl/α,β-unsaturated/α-hetero) is 1. The summed E-state index contributed by atoms with van der Waals surface area (Å²) >= 11 is 0. The van der Waals surface area contributed by atoms with Crippen molar-refractivity contribution in [2.24, 2.45) is 5.73 Å². The Kier molecular flexibility index (Phi) is 8.21. The van der Waals surface area contributed by atoms with E-state index in [0.29, 0.717) is 29.3 Å². The van der Waals surface area contributed by atoms with Crippen molar-refractivity contribution in [3.63, 3.8) is 0 Å². The third-order valence-corrected chi connectivity index (χ3v) is 7.17. The number of pyridine rings is 1. The molecule has 5 rings (SSSR count). The summed E-state index contributed by atoms with van der Waals surface area (Å²) in [7, 11) is 0. The number of carbonyl (C=O) groups excluding carboxylic acids is 2. The fourth-order valence-electron chi connectivity index (χ4n) is 5.36. The Balaban J connectivity index is 1.53. The fraction of sp³-hybridized carbons (Fsp3) is 0.226. The molecule has 0 bridgehead atoms. The molecule has 12 heteroatoms. The molecule has 2 N–H and O–H groups in total. The van der Waals surface area contributed by atoms with Gasteiger partial charge in [0.05, 0.1) is 17.8 Å². The van der Waals surface area contributed by atoms with Gasteiger partial charge in [-0.3, -0.25) is 19.3 Å². The van der Waals surface area contributed by atoms with E-state index in [9.17, 15) is 35.9 Å². The zero-order valence-electron chi connectivity index (χ0n) is 22.5. The molecule has 43 heavy (non-hydrogen) atoms. The number of alkyl halides is 3. The molecule has 1 amide bonds. The standard InChI is InChI=1S/C31H24F6N4O2/c32-20-11-17(12-21(33)15-20)10-19(28-23(5-3-9-39-28)18-7-8-26(34)25(14-18)30(38)43)13-22(42)16-41-27-6-2-1-4-24(27)29(40-41)31(35,36)37/h1,3-5,7-9,11-12,14-15,19H,2,6,10,13,16H2,(H2,38,43)/t19-/m1/s1. The van der Waals surface area contributed by atoms with Crippen molar-refractivity contribution in [2.75, 3.05) is 0 Å². The number of nitrogens with two attached hydrogens (primary N) is 1. The summed E-state index contributed by atoms with van der Waals surface area (Å²) in [5.74, 6) is -4.81. The van der Waals surface area contributed by atoms with Gasteiger partial charge in [0, 0.05) is 41.4 Å². The number of rotatable bonds is 9. The number of benzene rings is 2. The second-order valence-electron chi connectivity index (χ2n) is 10.2. The molecule has 222 valence electrons. The first kappa shape index (κ1) is 29.7. The second kappa shape index (κ2) is 11.9. The number of aromatic nitrogens is 3. The molecule has 1 aliphatic carbocycles. The van der Waals surface area contributed by atoms with Gasteiger partial charge in [-0.25, -0.2) is 13.2 Å². The Morgan fingerprint density at radius 2 is 1.77 bits per heavy atom. The summed E-state index contributed by atoms with van der Waals surface area (Å²) in [5, 5.41) is 3.72. The van der Waals surface area contributed by atoms with Crippen LogP contribution < -0.4 is 5.73 Å². The lowest BCUT2D eigenvalue weighted by atomic mass is 9.86. The molecule has 2 aromatic heterocycles. The van der Waals surface area contributed by atoms with Crippen LogP contribution >= 0.6 is 0 Å². The molecule has 0 radical (unpaired) electrons. The number of amides is 1. The van der Waals surface area contributed by atoms with Crippen LogP contribution in [0.5, 0.6) is 0 Å². The highest BCUT2D eigenvalue weighted by molar-refractivity contribution is 5.94. The van der Waals surface area contributed by atoms with E-state index in [1.807, 2.05) is 0 Å². The minimum atomic E-state index is -4.72. The van der Waals surface area contributed by atoms with Crippen molar-refractivity contribution in [1.29, 1.82) is 0 Å². The van der Waals surface area contributed by atoms with Crippen LogP contribution in [-0.4, -0.2) is 26.5 Å². The fourth-order valence-corrected chi connectivity index (χ4v) is 5.36. The first-order valence-corrected chi connectivity index (χ1v) is 13.3. The SMILES string of the molecule is NC(=O)c1cc(-c2cccnc2[C@@H](CC(=O)Cn2nc(C(F)(F)F)c3c2CCC=C3)Cc2cc(F)cc(F)c2)ccc1F. The Labute approximate surface area is 241 Å². The van der Waals surface area contributed by atoms with Crippen molar-refractivity contribution in [3.8, 4) is 11.1 Å². The number of ketones is 1. The van der Waals surface area contributed by atoms with E-state index < -0.39 is 53.5 Å². The maximum atomic E-state index is 14.2. The van der Waals surface area contributed by atoms with Crippen LogP contribution in [-0.2, 0) is 30.4 Å². The van der Waals surface area contributed by atoms with Crippen LogP contribution in [0.1, 0.15) is 57.3 Å². The van der Waals surface area contributed by atoms with Gasteiger partial charge in [-0.05, 0) is 60.7 Å². The molecule has 0 fully saturated rings. The number of fused-ring (bicyclic) bond motifs is 1. The highest BCUT2D eigenvalue weighted by atomic mass is 19.4. The Bertz CT molecular complexity index is 1720. The van der Waals surface area contributed by atoms with Crippen molar-refractivity contribution in [2.45, 2.75) is 44.3 Å². The third-order valence-electron chi connectivity index (χ3n) is 7.17. The number of halogens is 6. The maximum absolute atomic E-state index is 14.2. The average molecular weight is 599 g/mol. The van der Waals surface area contributed by atoms with E-state index >= 15 is 0 Å². The summed E-state index contributed by atoms with van der Waals surface area (Å²) in [6.45, 7) is -0.467. The lowest BCUT2D eigenvalue weighted by molar-refractivity contribution is -0.141. The minimum Gasteiger partial charge on any atom is -0.366 e. The lowest BCUT2D eigenvalue weighted by Crippen LogP contribution is -2.19. The van der Waals surface area contributed by atoms with Crippen LogP contribution in [0.3, 0.4) is 0 Å². The predicted octanol–water partition coefficient (Wildman–Crippen LogP) is 6.43. The smallest absolute Gasteiger partial charge is 0.366 e. The van der Waals surface area contributed by atoms with Gasteiger partial charge < -0.3 is 5.73 Å². The molecule has 2 heterocycles. The van der Waals surface area contributed by atoms with Crippen LogP contribution in [0, 0.1) is 17.5 Å². The van der Waals surface area contributed by atoms with Crippen LogP contribution in [0.15, 0.2) is 60.8 Å². The van der Waals surface area contributed by atoms with E-state index in [-0.39, 0.29) is 41.6 Å². The zero-order valence-corrected chi connectivity index (χ0v) is 22.5. The summed E-state index contributed by atoms with van der Waals surface area (Å²) in [6, 6.07) is 9.81. The van der Waals surface area contributed by atoms with E-state index in [2.05, 4.69) is 10.1 Å². The first-order chi connectivity index (χ1) is 20.4. The Morgan fingerprint density at radius 3 is 2.47 bits per heavy atom. The van der Waals surface area contributed by atoms with Crippen LogP contribution in [0.25, 0.3) is 17.2 Å². The van der Waals surface area contributed by atoms with E-state index in [1.165, 1.54) is 24.4 Å². The normalized spacial score (nSPS) is 13.5. The monoisotopic (exact) mass is 598 g/mol. The molecular formula is C31H24F6N4O2. The van der Waals surface area contributed by atoms with Gasteiger partial charge in [-0.15, -0.1) is 0 Å². The van der Waals surface area contributed by atoms with Gasteiger partial charge >= 0.3 is 6.18 Å². The number of primary amides is 1. The summed E-state index contributed by atoms with van der Waals surface area (Å²) in [5.41, 5.74) is 5.34. The molecule has 6 nitrogen and oxygen atoms in total. The first-order valence-electron chi connectivity index (χ1n) is 13.3. The molecular weight excluding hydrogens is 574 g/mol. The number of hydrogen-bond donors (Lipinski definition) is 1. The summed E-state index contributed by atoms with van der Waals surface area (Å²) in [6.07, 6.45) is 0.0888. The third kappa shape index (κ3) is 6.52. The van der Waals surface area contributed by atoms with Crippen molar-refractivity contribution < 1.29 is 35.9 Å². The van der Waals surface area contributed by atoms with Gasteiger partial charge in [0.1, 0.15) is 17.5 Å². The number of hydrogen-bond acceptors (Lipinski definition) is 4. The van der Waals surface area contributed by atoms with E-state index in [1.54, 1.807) is 18.2 Å². The maximum Gasteiger partial charge on any atom is 0.435 e. The topological polar surface area (TPSA) is 90.9 Å². The quantitative estimate of drug-likeness (QED) is 0.225. The van der Waals surface area contributed by atoms with Gasteiger partial charge in [-0.2, -0.15) is 18.3 Å². The minimum absolute atomic E-state index is 0.0674. The average Bonchev–Trinajstić information content (AvgIpc) is 3.31. The molecule has 0 saturated carbocycles. The molecule has 0 aliphatic heterocycles. The van der Waals surface area contributed by atoms with Gasteiger partial charge in [0.25, 0.3) is 5.91 Å². The molecule has 0 unspecified atom stereocenters. The van der Waals surface area contributed by atoms with E-state index in [4.69, 9.17) is 5.73 Å². The van der Waals surface area contributed by atoms with Gasteiger partial charge in [0.2, 0.25) is 0 Å². The number of allylic oxidation sites excluding steroid dienone is 1. The Morgan fingerprint density at radius 1 is 1.02 bits per heavy atom. The number of carbonyl (C=O) groups is 2. The zero-order chi connectivity index (χ0) is 30.9. The number of nitrogens with zero attached hydrogens (tertiary/aromatic N) is 3. The molecule has 1 aliphatic rings. The van der Waals surface area contributed by atoms with Crippen LogP contribution in [0.4, 0.5) is 26.3 Å². The molecule has 2 aromatic carbocycles. The van der Waals surface area contributed by atoms with Gasteiger partial charge in [0.15, 0.2) is 11.5 Å². The predicted molar refractivity (Wildman–Crippen MR) is 145 cm³/mol. The molecule has 4 aromatic rings. The molecule has 0 spiro atoms. The molecule has 0 saturated heterocycles. The molecule has 1 atom stereocenters.